The second-order valence-electron chi connectivity index (χ2n) is 5.48. The molecule has 1 fully saturated rings. The molecule has 116 valence electrons. The van der Waals surface area contributed by atoms with Gasteiger partial charge in [-0.3, -0.25) is 4.79 Å². The molecule has 0 radical (unpaired) electrons. The molecule has 1 aromatic rings. The zero-order valence-corrected chi connectivity index (χ0v) is 14.0. The van der Waals surface area contributed by atoms with Crippen LogP contribution in [0.25, 0.3) is 0 Å². The molecule has 0 heterocycles. The van der Waals surface area contributed by atoms with E-state index in [4.69, 9.17) is 4.74 Å². The van der Waals surface area contributed by atoms with Gasteiger partial charge in [-0.05, 0) is 65.4 Å². The van der Waals surface area contributed by atoms with Crippen molar-refractivity contribution < 1.29 is 9.53 Å². The maximum atomic E-state index is 11.6. The Morgan fingerprint density at radius 2 is 2.24 bits per heavy atom. The van der Waals surface area contributed by atoms with E-state index in [1.807, 2.05) is 18.2 Å². The summed E-state index contributed by atoms with van der Waals surface area (Å²) in [7, 11) is 0. The first-order valence-electron chi connectivity index (χ1n) is 7.57. The molecule has 1 amide bonds. The summed E-state index contributed by atoms with van der Waals surface area (Å²) in [5.74, 6) is 1.34. The summed E-state index contributed by atoms with van der Waals surface area (Å²) in [5.41, 5.74) is 1.20. The Morgan fingerprint density at radius 3 is 2.90 bits per heavy atom. The average molecular weight is 355 g/mol. The van der Waals surface area contributed by atoms with Gasteiger partial charge in [0.2, 0.25) is 0 Å². The minimum atomic E-state index is -0.0533. The highest BCUT2D eigenvalue weighted by Crippen LogP contribution is 2.28. The molecule has 0 aliphatic heterocycles. The highest BCUT2D eigenvalue weighted by molar-refractivity contribution is 9.10. The lowest BCUT2D eigenvalue weighted by Gasteiger charge is -2.10. The number of hydrogen-bond acceptors (Lipinski definition) is 3. The number of carbonyl (C=O) groups excluding carboxylic acids is 1. The fraction of sp³-hybridized carbons (Fsp3) is 0.562. The second-order valence-corrected chi connectivity index (χ2v) is 6.33. The molecule has 1 saturated carbocycles. The monoisotopic (exact) mass is 354 g/mol. The predicted octanol–water partition coefficient (Wildman–Crippen LogP) is 2.85. The van der Waals surface area contributed by atoms with Crippen LogP contribution in [0.1, 0.15) is 31.7 Å². The Balaban J connectivity index is 1.75. The van der Waals surface area contributed by atoms with Crippen molar-refractivity contribution in [2.45, 2.75) is 32.7 Å². The maximum absolute atomic E-state index is 11.6. The molecule has 0 aromatic heterocycles. The smallest absolute Gasteiger partial charge is 0.257 e. The fourth-order valence-electron chi connectivity index (χ4n) is 1.96. The van der Waals surface area contributed by atoms with E-state index in [9.17, 15) is 4.79 Å². The lowest BCUT2D eigenvalue weighted by molar-refractivity contribution is -0.123. The van der Waals surface area contributed by atoms with Gasteiger partial charge in [0.1, 0.15) is 5.75 Å². The minimum Gasteiger partial charge on any atom is -0.483 e. The van der Waals surface area contributed by atoms with E-state index in [1.54, 1.807) is 0 Å². The van der Waals surface area contributed by atoms with Crippen molar-refractivity contribution in [1.82, 2.24) is 10.6 Å². The summed E-state index contributed by atoms with van der Waals surface area (Å²) >= 11 is 3.49. The second kappa shape index (κ2) is 8.39. The van der Waals surface area contributed by atoms with Gasteiger partial charge < -0.3 is 15.4 Å². The third kappa shape index (κ3) is 6.06. The highest BCUT2D eigenvalue weighted by Gasteiger charge is 2.21. The zero-order chi connectivity index (χ0) is 15.1. The van der Waals surface area contributed by atoms with Crippen molar-refractivity contribution in [2.75, 3.05) is 19.7 Å². The summed E-state index contributed by atoms with van der Waals surface area (Å²) in [4.78, 5) is 11.6. The number of hydrogen-bond donors (Lipinski definition) is 2. The van der Waals surface area contributed by atoms with Crippen LogP contribution in [0.3, 0.4) is 0 Å². The Hall–Kier alpha value is -1.07. The van der Waals surface area contributed by atoms with Crippen LogP contribution >= 0.6 is 15.9 Å². The van der Waals surface area contributed by atoms with Crippen molar-refractivity contribution in [3.63, 3.8) is 0 Å². The molecule has 0 atom stereocenters. The molecule has 5 heteroatoms. The first-order chi connectivity index (χ1) is 10.2. The molecule has 2 N–H and O–H groups in total. The summed E-state index contributed by atoms with van der Waals surface area (Å²) in [6.45, 7) is 4.85. The summed E-state index contributed by atoms with van der Waals surface area (Å²) in [6.07, 6.45) is 3.60. The average Bonchev–Trinajstić information content (AvgIpc) is 3.29. The quantitative estimate of drug-likeness (QED) is 0.670. The standard InChI is InChI=1S/C16H23BrN2O2/c1-2-7-18-9-13-5-6-15(14(17)8-13)21-11-16(20)19-10-12-3-4-12/h5-6,8,12,18H,2-4,7,9-11H2,1H3,(H,19,20). The van der Waals surface area contributed by atoms with Gasteiger partial charge in [-0.25, -0.2) is 0 Å². The third-order valence-electron chi connectivity index (χ3n) is 3.40. The number of rotatable bonds is 9. The maximum Gasteiger partial charge on any atom is 0.257 e. The Labute approximate surface area is 134 Å². The number of nitrogens with one attached hydrogen (secondary N) is 2. The molecule has 1 aliphatic carbocycles. The highest BCUT2D eigenvalue weighted by atomic mass is 79.9. The van der Waals surface area contributed by atoms with Gasteiger partial charge in [0.15, 0.2) is 6.61 Å². The van der Waals surface area contributed by atoms with Gasteiger partial charge in [0.25, 0.3) is 5.91 Å². The van der Waals surface area contributed by atoms with E-state index in [1.165, 1.54) is 18.4 Å². The minimum absolute atomic E-state index is 0.0533. The molecule has 1 aliphatic rings. The van der Waals surface area contributed by atoms with E-state index >= 15 is 0 Å². The molecule has 21 heavy (non-hydrogen) atoms. The Bertz CT molecular complexity index is 475. The Morgan fingerprint density at radius 1 is 1.43 bits per heavy atom. The van der Waals surface area contributed by atoms with E-state index in [-0.39, 0.29) is 12.5 Å². The van der Waals surface area contributed by atoms with Crippen molar-refractivity contribution in [2.24, 2.45) is 5.92 Å². The first-order valence-corrected chi connectivity index (χ1v) is 8.37. The van der Waals surface area contributed by atoms with E-state index < -0.39 is 0 Å². The lowest BCUT2D eigenvalue weighted by Crippen LogP contribution is -2.30. The van der Waals surface area contributed by atoms with Crippen LogP contribution in [-0.2, 0) is 11.3 Å². The summed E-state index contributed by atoms with van der Waals surface area (Å²) < 4.78 is 6.44. The first kappa shape index (κ1) is 16.3. The van der Waals surface area contributed by atoms with Gasteiger partial charge in [0, 0.05) is 13.1 Å². The SMILES string of the molecule is CCCNCc1ccc(OCC(=O)NCC2CC2)c(Br)c1. The predicted molar refractivity (Wildman–Crippen MR) is 87.4 cm³/mol. The van der Waals surface area contributed by atoms with Crippen LogP contribution in [0.4, 0.5) is 0 Å². The van der Waals surface area contributed by atoms with Gasteiger partial charge in [-0.2, -0.15) is 0 Å². The number of benzene rings is 1. The summed E-state index contributed by atoms with van der Waals surface area (Å²) in [6, 6.07) is 5.95. The topological polar surface area (TPSA) is 50.4 Å². The Kier molecular flexibility index (Phi) is 6.51. The van der Waals surface area contributed by atoms with Gasteiger partial charge in [-0.15, -0.1) is 0 Å². The zero-order valence-electron chi connectivity index (χ0n) is 12.5. The molecule has 0 spiro atoms. The molecule has 1 aromatic carbocycles. The molecule has 0 bridgehead atoms. The molecular formula is C16H23BrN2O2. The van der Waals surface area contributed by atoms with E-state index in [0.29, 0.717) is 11.7 Å². The van der Waals surface area contributed by atoms with Crippen LogP contribution in [0, 0.1) is 5.92 Å². The molecular weight excluding hydrogens is 332 g/mol. The number of halogens is 1. The van der Waals surface area contributed by atoms with Crippen molar-refractivity contribution in [3.05, 3.63) is 28.2 Å². The molecule has 0 unspecified atom stereocenters. The van der Waals surface area contributed by atoms with Crippen LogP contribution in [0.5, 0.6) is 5.75 Å². The fourth-order valence-corrected chi connectivity index (χ4v) is 2.50. The van der Waals surface area contributed by atoms with Gasteiger partial charge in [0.05, 0.1) is 4.47 Å². The van der Waals surface area contributed by atoms with Crippen LogP contribution in [0.2, 0.25) is 0 Å². The van der Waals surface area contributed by atoms with Crippen molar-refractivity contribution in [1.29, 1.82) is 0 Å². The number of ether oxygens (including phenoxy) is 1. The normalized spacial score (nSPS) is 14.0. The van der Waals surface area contributed by atoms with Gasteiger partial charge in [-0.1, -0.05) is 13.0 Å². The van der Waals surface area contributed by atoms with Crippen LogP contribution < -0.4 is 15.4 Å². The molecule has 2 rings (SSSR count). The van der Waals surface area contributed by atoms with E-state index in [2.05, 4.69) is 33.5 Å². The third-order valence-corrected chi connectivity index (χ3v) is 4.02. The number of carbonyl (C=O) groups is 1. The van der Waals surface area contributed by atoms with Crippen LogP contribution in [-0.4, -0.2) is 25.6 Å². The van der Waals surface area contributed by atoms with Crippen LogP contribution in [0.15, 0.2) is 22.7 Å². The summed E-state index contributed by atoms with van der Waals surface area (Å²) in [5, 5.41) is 6.25. The van der Waals surface area contributed by atoms with Gasteiger partial charge >= 0.3 is 0 Å². The lowest BCUT2D eigenvalue weighted by atomic mass is 10.2. The van der Waals surface area contributed by atoms with E-state index in [0.717, 1.165) is 30.5 Å². The largest absolute Gasteiger partial charge is 0.483 e. The molecule has 4 nitrogen and oxygen atoms in total. The van der Waals surface area contributed by atoms with Crippen molar-refractivity contribution >= 4 is 21.8 Å². The van der Waals surface area contributed by atoms with Crippen molar-refractivity contribution in [3.8, 4) is 5.75 Å². The number of amides is 1. The molecule has 0 saturated heterocycles.